The van der Waals surface area contributed by atoms with Crippen LogP contribution in [0.1, 0.15) is 44.3 Å². The number of benzene rings is 1. The highest BCUT2D eigenvalue weighted by atomic mass is 16.3. The van der Waals surface area contributed by atoms with Crippen molar-refractivity contribution in [2.75, 3.05) is 6.54 Å². The van der Waals surface area contributed by atoms with Crippen LogP contribution in [0.4, 0.5) is 0 Å². The maximum Gasteiger partial charge on any atom is 0.222 e. The van der Waals surface area contributed by atoms with Crippen LogP contribution in [0.25, 0.3) is 11.0 Å². The number of hydrogen-bond acceptors (Lipinski definition) is 3. The SMILES string of the molecule is O=C(CC1(O)CCCC1)NCCCc1nc2ccccc2[nH]1. The van der Waals surface area contributed by atoms with Gasteiger partial charge in [-0.2, -0.15) is 0 Å². The highest BCUT2D eigenvalue weighted by molar-refractivity contribution is 5.77. The smallest absolute Gasteiger partial charge is 0.222 e. The van der Waals surface area contributed by atoms with Crippen LogP contribution in [0.5, 0.6) is 0 Å². The molecule has 0 saturated heterocycles. The third-order valence-corrected chi connectivity index (χ3v) is 4.37. The van der Waals surface area contributed by atoms with E-state index in [4.69, 9.17) is 0 Å². The Labute approximate surface area is 130 Å². The number of aromatic amines is 1. The molecule has 0 atom stereocenters. The number of aromatic nitrogens is 2. The van der Waals surface area contributed by atoms with Crippen LogP contribution < -0.4 is 5.32 Å². The Kier molecular flexibility index (Phi) is 4.43. The maximum atomic E-state index is 11.9. The van der Waals surface area contributed by atoms with Crippen LogP contribution >= 0.6 is 0 Å². The molecule has 0 unspecified atom stereocenters. The van der Waals surface area contributed by atoms with Gasteiger partial charge in [0.05, 0.1) is 23.1 Å². The molecule has 1 aromatic heterocycles. The number of imidazole rings is 1. The second-order valence-corrected chi connectivity index (χ2v) is 6.26. The minimum Gasteiger partial charge on any atom is -0.389 e. The van der Waals surface area contributed by atoms with E-state index in [2.05, 4.69) is 15.3 Å². The zero-order valence-corrected chi connectivity index (χ0v) is 12.8. The maximum absolute atomic E-state index is 11.9. The summed E-state index contributed by atoms with van der Waals surface area (Å²) in [6.45, 7) is 0.617. The number of nitrogens with zero attached hydrogens (tertiary/aromatic N) is 1. The summed E-state index contributed by atoms with van der Waals surface area (Å²) >= 11 is 0. The van der Waals surface area contributed by atoms with Crippen molar-refractivity contribution in [1.29, 1.82) is 0 Å². The van der Waals surface area contributed by atoms with E-state index in [1.165, 1.54) is 0 Å². The fourth-order valence-corrected chi connectivity index (χ4v) is 3.18. The number of rotatable bonds is 6. The van der Waals surface area contributed by atoms with Gasteiger partial charge in [0, 0.05) is 13.0 Å². The molecule has 5 nitrogen and oxygen atoms in total. The number of carbonyl (C=O) groups excluding carboxylic acids is 1. The number of para-hydroxylation sites is 2. The van der Waals surface area contributed by atoms with Gasteiger partial charge in [-0.05, 0) is 31.4 Å². The summed E-state index contributed by atoms with van der Waals surface area (Å²) in [5.41, 5.74) is 1.26. The monoisotopic (exact) mass is 301 g/mol. The predicted octanol–water partition coefficient (Wildman–Crippen LogP) is 2.31. The van der Waals surface area contributed by atoms with Crippen molar-refractivity contribution < 1.29 is 9.90 Å². The molecule has 1 aliphatic carbocycles. The summed E-state index contributed by atoms with van der Waals surface area (Å²) in [4.78, 5) is 19.7. The Balaban J connectivity index is 1.40. The van der Waals surface area contributed by atoms with Crippen molar-refractivity contribution >= 4 is 16.9 Å². The van der Waals surface area contributed by atoms with E-state index in [9.17, 15) is 9.90 Å². The lowest BCUT2D eigenvalue weighted by Gasteiger charge is -2.21. The molecule has 1 saturated carbocycles. The van der Waals surface area contributed by atoms with Gasteiger partial charge in [0.2, 0.25) is 5.91 Å². The fraction of sp³-hybridized carbons (Fsp3) is 0.529. The number of H-pyrrole nitrogens is 1. The number of nitrogens with one attached hydrogen (secondary N) is 2. The van der Waals surface area contributed by atoms with E-state index in [-0.39, 0.29) is 12.3 Å². The lowest BCUT2D eigenvalue weighted by atomic mass is 9.98. The summed E-state index contributed by atoms with van der Waals surface area (Å²) in [6.07, 6.45) is 5.42. The lowest BCUT2D eigenvalue weighted by molar-refractivity contribution is -0.125. The van der Waals surface area contributed by atoms with Gasteiger partial charge < -0.3 is 15.4 Å². The zero-order chi connectivity index (χ0) is 15.4. The molecule has 1 heterocycles. The van der Waals surface area contributed by atoms with Crippen LogP contribution in [0.15, 0.2) is 24.3 Å². The summed E-state index contributed by atoms with van der Waals surface area (Å²) in [5.74, 6) is 0.902. The van der Waals surface area contributed by atoms with Crippen LogP contribution in [0.3, 0.4) is 0 Å². The molecule has 1 amide bonds. The number of fused-ring (bicyclic) bond motifs is 1. The van der Waals surface area contributed by atoms with Gasteiger partial charge in [-0.15, -0.1) is 0 Å². The van der Waals surface area contributed by atoms with Crippen molar-refractivity contribution in [1.82, 2.24) is 15.3 Å². The second kappa shape index (κ2) is 6.48. The van der Waals surface area contributed by atoms with E-state index >= 15 is 0 Å². The first-order chi connectivity index (χ1) is 10.6. The molecule has 22 heavy (non-hydrogen) atoms. The van der Waals surface area contributed by atoms with Gasteiger partial charge in [-0.3, -0.25) is 4.79 Å². The average Bonchev–Trinajstić information content (AvgIpc) is 3.09. The number of amides is 1. The molecule has 1 aromatic carbocycles. The Morgan fingerprint density at radius 2 is 2.09 bits per heavy atom. The first-order valence-electron chi connectivity index (χ1n) is 8.07. The molecule has 1 aliphatic rings. The van der Waals surface area contributed by atoms with Gasteiger partial charge in [0.15, 0.2) is 0 Å². The highest BCUT2D eigenvalue weighted by Gasteiger charge is 2.33. The van der Waals surface area contributed by atoms with Gasteiger partial charge in [0.1, 0.15) is 5.82 Å². The molecule has 0 bridgehead atoms. The van der Waals surface area contributed by atoms with Crippen molar-refractivity contribution in [3.05, 3.63) is 30.1 Å². The first kappa shape index (κ1) is 15.0. The molecule has 3 rings (SSSR count). The highest BCUT2D eigenvalue weighted by Crippen LogP contribution is 2.32. The van der Waals surface area contributed by atoms with Crippen molar-refractivity contribution in [3.63, 3.8) is 0 Å². The summed E-state index contributed by atoms with van der Waals surface area (Å²) < 4.78 is 0. The third kappa shape index (κ3) is 3.65. The predicted molar refractivity (Wildman–Crippen MR) is 85.5 cm³/mol. The van der Waals surface area contributed by atoms with Crippen LogP contribution in [0.2, 0.25) is 0 Å². The van der Waals surface area contributed by atoms with Gasteiger partial charge >= 0.3 is 0 Å². The van der Waals surface area contributed by atoms with Gasteiger partial charge in [-0.25, -0.2) is 4.98 Å². The Morgan fingerprint density at radius 3 is 2.86 bits per heavy atom. The first-order valence-corrected chi connectivity index (χ1v) is 8.07. The largest absolute Gasteiger partial charge is 0.389 e. The van der Waals surface area contributed by atoms with E-state index in [0.717, 1.165) is 55.4 Å². The van der Waals surface area contributed by atoms with Crippen LogP contribution in [-0.2, 0) is 11.2 Å². The van der Waals surface area contributed by atoms with E-state index in [0.29, 0.717) is 6.54 Å². The third-order valence-electron chi connectivity index (χ3n) is 4.37. The molecular formula is C17H23N3O2. The van der Waals surface area contributed by atoms with E-state index < -0.39 is 5.60 Å². The molecule has 5 heteroatoms. The summed E-state index contributed by atoms with van der Waals surface area (Å²) in [6, 6.07) is 7.95. The topological polar surface area (TPSA) is 78.0 Å². The normalized spacial score (nSPS) is 17.0. The Bertz CT molecular complexity index is 611. The number of carbonyl (C=O) groups is 1. The number of hydrogen-bond donors (Lipinski definition) is 3. The minimum atomic E-state index is -0.761. The molecule has 0 aliphatic heterocycles. The van der Waals surface area contributed by atoms with Crippen LogP contribution in [0, 0.1) is 0 Å². The van der Waals surface area contributed by atoms with Gasteiger partial charge in [-0.1, -0.05) is 25.0 Å². The molecule has 1 fully saturated rings. The number of aryl methyl sites for hydroxylation is 1. The zero-order valence-electron chi connectivity index (χ0n) is 12.8. The molecule has 0 radical (unpaired) electrons. The molecule has 2 aromatic rings. The summed E-state index contributed by atoms with van der Waals surface area (Å²) in [7, 11) is 0. The van der Waals surface area contributed by atoms with Crippen molar-refractivity contribution in [3.8, 4) is 0 Å². The lowest BCUT2D eigenvalue weighted by Crippen LogP contribution is -2.35. The Hall–Kier alpha value is -1.88. The van der Waals surface area contributed by atoms with Crippen LogP contribution in [-0.4, -0.2) is 33.1 Å². The molecule has 3 N–H and O–H groups in total. The number of aliphatic hydroxyl groups is 1. The molecule has 118 valence electrons. The van der Waals surface area contributed by atoms with Crippen molar-refractivity contribution in [2.45, 2.75) is 50.5 Å². The quantitative estimate of drug-likeness (QED) is 0.716. The average molecular weight is 301 g/mol. The van der Waals surface area contributed by atoms with E-state index in [1.807, 2.05) is 24.3 Å². The fourth-order valence-electron chi connectivity index (χ4n) is 3.18. The molecule has 0 spiro atoms. The Morgan fingerprint density at radius 1 is 1.32 bits per heavy atom. The van der Waals surface area contributed by atoms with Gasteiger partial charge in [0.25, 0.3) is 0 Å². The molecular weight excluding hydrogens is 278 g/mol. The standard InChI is InChI=1S/C17H23N3O2/c21-16(12-17(22)9-3-4-10-17)18-11-5-8-15-19-13-6-1-2-7-14(13)20-15/h1-2,6-7,22H,3-5,8-12H2,(H,18,21)(H,19,20). The second-order valence-electron chi connectivity index (χ2n) is 6.26. The summed E-state index contributed by atoms with van der Waals surface area (Å²) in [5, 5.41) is 13.1. The van der Waals surface area contributed by atoms with Crippen molar-refractivity contribution in [2.24, 2.45) is 0 Å². The minimum absolute atomic E-state index is 0.0472. The van der Waals surface area contributed by atoms with E-state index in [1.54, 1.807) is 0 Å².